The Hall–Kier alpha value is -0.820. The lowest BCUT2D eigenvalue weighted by atomic mass is 10.3. The third-order valence-electron chi connectivity index (χ3n) is 2.08. The Morgan fingerprint density at radius 1 is 1.12 bits per heavy atom. The molecule has 2 N–H and O–H groups in total. The van der Waals surface area contributed by atoms with E-state index in [1.807, 2.05) is 22.6 Å². The van der Waals surface area contributed by atoms with Crippen LogP contribution in [0.15, 0.2) is 46.2 Å². The molecule has 0 aliphatic rings. The standard InChI is InChI=1S/C12H8F2INS/c13-7-2-1-3-8(4-7)17-12-5-9(14)10(15)6-11(12)16/h1-6H,16H2. The van der Waals surface area contributed by atoms with Gasteiger partial charge in [-0.15, -0.1) is 0 Å². The molecule has 0 saturated carbocycles. The molecule has 0 aliphatic carbocycles. The number of nitrogen functional groups attached to an aromatic ring is 1. The number of anilines is 1. The van der Waals surface area contributed by atoms with Gasteiger partial charge >= 0.3 is 0 Å². The van der Waals surface area contributed by atoms with E-state index in [9.17, 15) is 8.78 Å². The van der Waals surface area contributed by atoms with E-state index in [4.69, 9.17) is 5.73 Å². The van der Waals surface area contributed by atoms with E-state index >= 15 is 0 Å². The summed E-state index contributed by atoms with van der Waals surface area (Å²) in [5.41, 5.74) is 6.28. The van der Waals surface area contributed by atoms with Crippen LogP contribution in [0, 0.1) is 15.2 Å². The van der Waals surface area contributed by atoms with Crippen molar-refractivity contribution >= 4 is 40.0 Å². The van der Waals surface area contributed by atoms with E-state index in [2.05, 4.69) is 0 Å². The fourth-order valence-corrected chi connectivity index (χ4v) is 2.69. The number of hydrogen-bond acceptors (Lipinski definition) is 2. The van der Waals surface area contributed by atoms with Gasteiger partial charge in [-0.3, -0.25) is 0 Å². The molecule has 88 valence electrons. The van der Waals surface area contributed by atoms with Crippen molar-refractivity contribution in [3.8, 4) is 0 Å². The molecule has 0 unspecified atom stereocenters. The molecule has 0 spiro atoms. The Bertz CT molecular complexity index is 560. The predicted octanol–water partition coefficient (Wildman–Crippen LogP) is 4.30. The van der Waals surface area contributed by atoms with Gasteiger partial charge in [0.25, 0.3) is 0 Å². The molecule has 0 heterocycles. The Kier molecular flexibility index (Phi) is 3.88. The van der Waals surface area contributed by atoms with Crippen LogP contribution in [0.3, 0.4) is 0 Å². The minimum absolute atomic E-state index is 0.320. The highest BCUT2D eigenvalue weighted by molar-refractivity contribution is 14.1. The predicted molar refractivity (Wildman–Crippen MR) is 74.1 cm³/mol. The maximum absolute atomic E-state index is 13.4. The van der Waals surface area contributed by atoms with Crippen LogP contribution in [0.4, 0.5) is 14.5 Å². The molecule has 0 amide bonds. The van der Waals surface area contributed by atoms with Crippen LogP contribution in [0.2, 0.25) is 0 Å². The monoisotopic (exact) mass is 363 g/mol. The molecule has 1 nitrogen and oxygen atoms in total. The molecule has 0 aliphatic heterocycles. The Balaban J connectivity index is 2.33. The molecule has 0 bridgehead atoms. The Morgan fingerprint density at radius 3 is 2.59 bits per heavy atom. The molecule has 0 saturated heterocycles. The average molecular weight is 363 g/mol. The van der Waals surface area contributed by atoms with Crippen LogP contribution < -0.4 is 5.73 Å². The molecule has 2 rings (SSSR count). The van der Waals surface area contributed by atoms with Crippen LogP contribution in [-0.2, 0) is 0 Å². The molecule has 0 aromatic heterocycles. The van der Waals surface area contributed by atoms with Crippen molar-refractivity contribution < 1.29 is 8.78 Å². The maximum atomic E-state index is 13.4. The Labute approximate surface area is 116 Å². The van der Waals surface area contributed by atoms with Gasteiger partial charge in [-0.2, -0.15) is 0 Å². The molecular formula is C12H8F2INS. The zero-order valence-electron chi connectivity index (χ0n) is 8.58. The van der Waals surface area contributed by atoms with Crippen LogP contribution in [0.5, 0.6) is 0 Å². The third kappa shape index (κ3) is 3.10. The first-order valence-corrected chi connectivity index (χ1v) is 6.64. The van der Waals surface area contributed by atoms with Crippen LogP contribution in [0.25, 0.3) is 0 Å². The second-order valence-corrected chi connectivity index (χ2v) is 5.64. The Morgan fingerprint density at radius 2 is 1.88 bits per heavy atom. The van der Waals surface area contributed by atoms with E-state index < -0.39 is 0 Å². The maximum Gasteiger partial charge on any atom is 0.137 e. The van der Waals surface area contributed by atoms with E-state index in [0.717, 1.165) is 0 Å². The first-order valence-electron chi connectivity index (χ1n) is 4.74. The molecular weight excluding hydrogens is 355 g/mol. The van der Waals surface area contributed by atoms with Crippen LogP contribution in [-0.4, -0.2) is 0 Å². The first-order chi connectivity index (χ1) is 8.06. The number of benzene rings is 2. The number of rotatable bonds is 2. The number of halogens is 3. The second kappa shape index (κ2) is 5.22. The molecule has 5 heteroatoms. The zero-order valence-corrected chi connectivity index (χ0v) is 11.6. The summed E-state index contributed by atoms with van der Waals surface area (Å²) in [6.07, 6.45) is 0. The highest BCUT2D eigenvalue weighted by Crippen LogP contribution is 2.34. The quantitative estimate of drug-likeness (QED) is 0.636. The summed E-state index contributed by atoms with van der Waals surface area (Å²) in [4.78, 5) is 1.28. The van der Waals surface area contributed by atoms with Gasteiger partial charge in [-0.05, 0) is 52.9 Å². The van der Waals surface area contributed by atoms with Crippen LogP contribution in [0.1, 0.15) is 0 Å². The molecule has 0 atom stereocenters. The van der Waals surface area contributed by atoms with E-state index in [1.165, 1.54) is 30.0 Å². The summed E-state index contributed by atoms with van der Waals surface area (Å²) < 4.78 is 26.9. The van der Waals surface area contributed by atoms with Crippen molar-refractivity contribution in [2.75, 3.05) is 5.73 Å². The van der Waals surface area contributed by atoms with Crippen molar-refractivity contribution in [2.45, 2.75) is 9.79 Å². The summed E-state index contributed by atoms with van der Waals surface area (Å²) in [5.74, 6) is -0.641. The van der Waals surface area contributed by atoms with Crippen LogP contribution >= 0.6 is 34.4 Å². The summed E-state index contributed by atoms with van der Waals surface area (Å²) in [6.45, 7) is 0. The van der Waals surface area contributed by atoms with Gasteiger partial charge in [0.2, 0.25) is 0 Å². The van der Waals surface area contributed by atoms with Gasteiger partial charge in [0.1, 0.15) is 11.6 Å². The van der Waals surface area contributed by atoms with Crippen molar-refractivity contribution in [1.82, 2.24) is 0 Å². The van der Waals surface area contributed by atoms with Gasteiger partial charge in [0.15, 0.2) is 0 Å². The van der Waals surface area contributed by atoms with Gasteiger partial charge in [0, 0.05) is 15.5 Å². The lowest BCUT2D eigenvalue weighted by Crippen LogP contribution is -1.92. The van der Waals surface area contributed by atoms with Crippen molar-refractivity contribution in [2.24, 2.45) is 0 Å². The lowest BCUT2D eigenvalue weighted by Gasteiger charge is -2.06. The lowest BCUT2D eigenvalue weighted by molar-refractivity contribution is 0.617. The van der Waals surface area contributed by atoms with Gasteiger partial charge in [-0.25, -0.2) is 8.78 Å². The van der Waals surface area contributed by atoms with Crippen molar-refractivity contribution in [1.29, 1.82) is 0 Å². The highest BCUT2D eigenvalue weighted by atomic mass is 127. The highest BCUT2D eigenvalue weighted by Gasteiger charge is 2.07. The largest absolute Gasteiger partial charge is 0.398 e. The minimum Gasteiger partial charge on any atom is -0.398 e. The first kappa shape index (κ1) is 12.6. The molecule has 2 aromatic carbocycles. The van der Waals surface area contributed by atoms with Gasteiger partial charge in [0.05, 0.1) is 3.57 Å². The van der Waals surface area contributed by atoms with Crippen molar-refractivity contribution in [3.63, 3.8) is 0 Å². The van der Waals surface area contributed by atoms with Gasteiger partial charge in [-0.1, -0.05) is 17.8 Å². The molecule has 0 radical (unpaired) electrons. The second-order valence-electron chi connectivity index (χ2n) is 3.36. The minimum atomic E-state index is -0.321. The SMILES string of the molecule is Nc1cc(I)c(F)cc1Sc1cccc(F)c1. The topological polar surface area (TPSA) is 26.0 Å². The summed E-state index contributed by atoms with van der Waals surface area (Å²) in [5, 5.41) is 0. The normalized spacial score (nSPS) is 10.5. The smallest absolute Gasteiger partial charge is 0.137 e. The molecule has 17 heavy (non-hydrogen) atoms. The van der Waals surface area contributed by atoms with Crippen molar-refractivity contribution in [3.05, 3.63) is 51.6 Å². The average Bonchev–Trinajstić information content (AvgIpc) is 2.26. The summed E-state index contributed by atoms with van der Waals surface area (Å²) in [6, 6.07) is 9.05. The van der Waals surface area contributed by atoms with E-state index in [-0.39, 0.29) is 11.6 Å². The summed E-state index contributed by atoms with van der Waals surface area (Å²) >= 11 is 3.12. The van der Waals surface area contributed by atoms with E-state index in [1.54, 1.807) is 18.2 Å². The number of nitrogens with two attached hydrogens (primary N) is 1. The van der Waals surface area contributed by atoms with Gasteiger partial charge < -0.3 is 5.73 Å². The summed E-state index contributed by atoms with van der Waals surface area (Å²) in [7, 11) is 0. The van der Waals surface area contributed by atoms with E-state index in [0.29, 0.717) is 19.0 Å². The molecule has 2 aromatic rings. The molecule has 0 fully saturated rings. The third-order valence-corrected chi connectivity index (χ3v) is 3.97. The number of hydrogen-bond donors (Lipinski definition) is 1. The fraction of sp³-hybridized carbons (Fsp3) is 0. The zero-order chi connectivity index (χ0) is 12.4. The fourth-order valence-electron chi connectivity index (χ4n) is 1.29.